The predicted molar refractivity (Wildman–Crippen MR) is 114 cm³/mol. The number of hydrogen-bond acceptors (Lipinski definition) is 5. The summed E-state index contributed by atoms with van der Waals surface area (Å²) in [5.74, 6) is -1.79. The zero-order valence-corrected chi connectivity index (χ0v) is 16.7. The normalized spacial score (nSPS) is 18.5. The molecule has 1 aliphatic heterocycles. The van der Waals surface area contributed by atoms with Gasteiger partial charge in [-0.25, -0.2) is 18.8 Å². The summed E-state index contributed by atoms with van der Waals surface area (Å²) < 4.78 is 42.4. The first-order valence-electron chi connectivity index (χ1n) is 9.44. The van der Waals surface area contributed by atoms with Gasteiger partial charge in [0.25, 0.3) is 0 Å². The lowest BCUT2D eigenvalue weighted by Crippen LogP contribution is -2.38. The molecule has 4 rings (SSSR count). The fourth-order valence-corrected chi connectivity index (χ4v) is 4.92. The van der Waals surface area contributed by atoms with Crippen LogP contribution in [0.15, 0.2) is 72.0 Å². The molecule has 0 radical (unpaired) electrons. The van der Waals surface area contributed by atoms with Gasteiger partial charge in [0, 0.05) is 17.8 Å². The van der Waals surface area contributed by atoms with Crippen LogP contribution in [0.1, 0.15) is 24.0 Å². The van der Waals surface area contributed by atoms with Gasteiger partial charge >= 0.3 is 0 Å². The van der Waals surface area contributed by atoms with E-state index in [0.29, 0.717) is 30.1 Å². The van der Waals surface area contributed by atoms with Gasteiger partial charge < -0.3 is 5.73 Å². The second-order valence-corrected chi connectivity index (χ2v) is 8.09. The van der Waals surface area contributed by atoms with Crippen LogP contribution in [0.4, 0.5) is 18.9 Å². The highest BCUT2D eigenvalue weighted by atomic mass is 32.2. The van der Waals surface area contributed by atoms with Crippen molar-refractivity contribution in [2.45, 2.75) is 17.7 Å². The molecule has 3 aromatic rings. The third kappa shape index (κ3) is 3.80. The molecule has 0 bridgehead atoms. The molecule has 30 heavy (non-hydrogen) atoms. The Balaban J connectivity index is 1.90. The van der Waals surface area contributed by atoms with E-state index < -0.39 is 22.5 Å². The number of anilines is 1. The van der Waals surface area contributed by atoms with Crippen molar-refractivity contribution in [1.82, 2.24) is 4.98 Å². The van der Waals surface area contributed by atoms with E-state index in [-0.39, 0.29) is 5.56 Å². The maximum absolute atomic E-state index is 14.6. The molecule has 1 unspecified atom stereocenters. The Kier molecular flexibility index (Phi) is 5.78. The molecule has 4 nitrogen and oxygen atoms in total. The molecule has 1 aromatic heterocycles. The van der Waals surface area contributed by atoms with Crippen LogP contribution >= 0.6 is 11.8 Å². The molecule has 0 saturated carbocycles. The molecular weight excluding hydrogens is 409 g/mol. The van der Waals surface area contributed by atoms with Crippen LogP contribution < -0.4 is 10.7 Å². The topological polar surface area (TPSA) is 54.5 Å². The van der Waals surface area contributed by atoms with E-state index in [4.69, 9.17) is 5.73 Å². The van der Waals surface area contributed by atoms with E-state index in [1.165, 1.54) is 24.0 Å². The Bertz CT molecular complexity index is 1080. The monoisotopic (exact) mass is 428 g/mol. The summed E-state index contributed by atoms with van der Waals surface area (Å²) in [6, 6.07) is 15.7. The van der Waals surface area contributed by atoms with Crippen LogP contribution in [0.3, 0.4) is 0 Å². The maximum Gasteiger partial charge on any atom is 0.214 e. The minimum absolute atomic E-state index is 0.0603. The molecule has 2 N–H and O–H groups in total. The molecule has 8 heteroatoms. The fourth-order valence-electron chi connectivity index (χ4n) is 3.48. The Morgan fingerprint density at radius 1 is 1.00 bits per heavy atom. The van der Waals surface area contributed by atoms with Gasteiger partial charge in [-0.3, -0.25) is 0 Å². The summed E-state index contributed by atoms with van der Waals surface area (Å²) >= 11 is 1.31. The summed E-state index contributed by atoms with van der Waals surface area (Å²) in [6.07, 6.45) is 2.57. The molecule has 2 heterocycles. The van der Waals surface area contributed by atoms with Gasteiger partial charge in [0.05, 0.1) is 5.69 Å². The largest absolute Gasteiger partial charge is 0.330 e. The van der Waals surface area contributed by atoms with Gasteiger partial charge in [0.15, 0.2) is 0 Å². The van der Waals surface area contributed by atoms with Crippen molar-refractivity contribution in [2.24, 2.45) is 10.8 Å². The molecule has 0 aliphatic carbocycles. The quantitative estimate of drug-likeness (QED) is 0.561. The number of nitrogens with zero attached hydrogens (tertiary/aromatic N) is 3. The number of aromatic nitrogens is 1. The van der Waals surface area contributed by atoms with Gasteiger partial charge in [0.2, 0.25) is 5.95 Å². The van der Waals surface area contributed by atoms with E-state index in [2.05, 4.69) is 10.1 Å². The number of hydrogen-bond donors (Lipinski definition) is 1. The molecule has 0 spiro atoms. The summed E-state index contributed by atoms with van der Waals surface area (Å²) in [5, 5.41) is 6.60. The van der Waals surface area contributed by atoms with Crippen molar-refractivity contribution in [3.8, 4) is 0 Å². The highest BCUT2D eigenvalue weighted by molar-refractivity contribution is 8.15. The first kappa shape index (κ1) is 20.4. The van der Waals surface area contributed by atoms with Crippen molar-refractivity contribution in [3.63, 3.8) is 0 Å². The minimum Gasteiger partial charge on any atom is -0.330 e. The number of rotatable bonds is 6. The van der Waals surface area contributed by atoms with Crippen LogP contribution in [-0.2, 0) is 4.87 Å². The summed E-state index contributed by atoms with van der Waals surface area (Å²) in [7, 11) is 0. The molecule has 0 fully saturated rings. The second-order valence-electron chi connectivity index (χ2n) is 6.82. The van der Waals surface area contributed by atoms with Gasteiger partial charge in [-0.2, -0.15) is 9.49 Å². The van der Waals surface area contributed by atoms with E-state index in [0.717, 1.165) is 23.8 Å². The highest BCUT2D eigenvalue weighted by Crippen LogP contribution is 2.52. The van der Waals surface area contributed by atoms with Crippen molar-refractivity contribution < 1.29 is 13.2 Å². The van der Waals surface area contributed by atoms with Crippen molar-refractivity contribution >= 4 is 22.5 Å². The predicted octanol–water partition coefficient (Wildman–Crippen LogP) is 5.01. The lowest BCUT2D eigenvalue weighted by Gasteiger charge is -2.37. The first-order chi connectivity index (χ1) is 14.5. The number of nitrogens with two attached hydrogens (primary N) is 1. The standard InChI is InChI=1S/C22H19F3N4S/c23-16-7-8-19(24)18(13-16)21-28-29(17-9-12-27-20(25)14-17)22(30-21,10-4-11-26)15-5-2-1-3-6-15/h1-3,5-9,12-14H,4,10-11,26H2. The van der Waals surface area contributed by atoms with E-state index in [1.54, 1.807) is 11.1 Å². The average molecular weight is 428 g/mol. The highest BCUT2D eigenvalue weighted by Gasteiger charge is 2.46. The number of thioether (sulfide) groups is 1. The molecule has 1 atom stereocenters. The third-order valence-electron chi connectivity index (χ3n) is 4.86. The zero-order chi connectivity index (χ0) is 21.1. The lowest BCUT2D eigenvalue weighted by atomic mass is 10.00. The number of benzene rings is 2. The van der Waals surface area contributed by atoms with Crippen LogP contribution in [-0.4, -0.2) is 16.6 Å². The lowest BCUT2D eigenvalue weighted by molar-refractivity contribution is 0.523. The van der Waals surface area contributed by atoms with Crippen LogP contribution in [0.5, 0.6) is 0 Å². The third-order valence-corrected chi connectivity index (χ3v) is 6.30. The summed E-state index contributed by atoms with van der Waals surface area (Å²) in [5.41, 5.74) is 7.22. The maximum atomic E-state index is 14.6. The van der Waals surface area contributed by atoms with Crippen LogP contribution in [0, 0.1) is 17.6 Å². The smallest absolute Gasteiger partial charge is 0.214 e. The van der Waals surface area contributed by atoms with E-state index in [9.17, 15) is 13.2 Å². The first-order valence-corrected chi connectivity index (χ1v) is 10.3. The average Bonchev–Trinajstić information content (AvgIpc) is 3.15. The molecular formula is C22H19F3N4S. The van der Waals surface area contributed by atoms with E-state index >= 15 is 0 Å². The van der Waals surface area contributed by atoms with Crippen LogP contribution in [0.2, 0.25) is 0 Å². The molecule has 0 amide bonds. The molecule has 154 valence electrons. The van der Waals surface area contributed by atoms with Crippen molar-refractivity contribution in [1.29, 1.82) is 0 Å². The molecule has 1 aliphatic rings. The van der Waals surface area contributed by atoms with E-state index in [1.807, 2.05) is 30.3 Å². The number of pyridine rings is 1. The Hall–Kier alpha value is -2.84. The minimum atomic E-state index is -0.803. The Labute approximate surface area is 176 Å². The summed E-state index contributed by atoms with van der Waals surface area (Å²) in [4.78, 5) is 2.82. The Morgan fingerprint density at radius 3 is 2.53 bits per heavy atom. The fraction of sp³-hybridized carbons (Fsp3) is 0.182. The second kappa shape index (κ2) is 8.49. The zero-order valence-electron chi connectivity index (χ0n) is 15.9. The Morgan fingerprint density at radius 2 is 1.80 bits per heavy atom. The van der Waals surface area contributed by atoms with Crippen molar-refractivity contribution in [2.75, 3.05) is 11.6 Å². The SMILES string of the molecule is NCCCC1(c2ccccc2)SC(c2cc(F)ccc2F)=NN1c1ccnc(F)c1. The van der Waals surface area contributed by atoms with Crippen molar-refractivity contribution in [3.05, 3.63) is 95.6 Å². The summed E-state index contributed by atoms with van der Waals surface area (Å²) in [6.45, 7) is 0.442. The molecule has 0 saturated heterocycles. The van der Waals surface area contributed by atoms with Gasteiger partial charge in [0.1, 0.15) is 21.5 Å². The molecule has 2 aromatic carbocycles. The van der Waals surface area contributed by atoms with Gasteiger partial charge in [-0.15, -0.1) is 0 Å². The number of hydrazone groups is 1. The van der Waals surface area contributed by atoms with Gasteiger partial charge in [-0.1, -0.05) is 42.1 Å². The number of halogens is 3. The van der Waals surface area contributed by atoms with Gasteiger partial charge in [-0.05, 0) is 49.2 Å². The van der Waals surface area contributed by atoms with Crippen LogP contribution in [0.25, 0.3) is 0 Å².